The standard InChI is InChI=1S/C19H20N2O5S/c22-17(20-13-4-1-11(2-5-13)19(23)24)8-14-9-27-18(21-14)12-3-6-15-16(7-12)26-10-25-15/h3,6-7,9,11,13H,1-2,4-5,8,10H2,(H,20,22)(H,23,24). The van der Waals surface area contributed by atoms with E-state index in [4.69, 9.17) is 14.6 Å². The first kappa shape index (κ1) is 17.8. The molecule has 1 saturated carbocycles. The Labute approximate surface area is 160 Å². The number of rotatable bonds is 5. The van der Waals surface area contributed by atoms with E-state index in [9.17, 15) is 9.59 Å². The number of nitrogens with zero attached hydrogens (tertiary/aromatic N) is 1. The van der Waals surface area contributed by atoms with E-state index in [1.54, 1.807) is 0 Å². The van der Waals surface area contributed by atoms with Gasteiger partial charge in [-0.25, -0.2) is 4.98 Å². The number of carboxylic acids is 1. The fraction of sp³-hybridized carbons (Fsp3) is 0.421. The largest absolute Gasteiger partial charge is 0.481 e. The average molecular weight is 388 g/mol. The zero-order valence-corrected chi connectivity index (χ0v) is 15.5. The molecule has 2 heterocycles. The molecule has 1 aromatic heterocycles. The summed E-state index contributed by atoms with van der Waals surface area (Å²) in [4.78, 5) is 27.9. The molecule has 0 spiro atoms. The number of carbonyl (C=O) groups excluding carboxylic acids is 1. The van der Waals surface area contributed by atoms with Crippen molar-refractivity contribution in [2.45, 2.75) is 38.1 Å². The third-order valence-corrected chi connectivity index (χ3v) is 5.89. The maximum Gasteiger partial charge on any atom is 0.306 e. The number of thiazole rings is 1. The van der Waals surface area contributed by atoms with Gasteiger partial charge in [0.1, 0.15) is 5.01 Å². The molecule has 4 rings (SSSR count). The third kappa shape index (κ3) is 4.05. The van der Waals surface area contributed by atoms with Crippen LogP contribution in [0.25, 0.3) is 10.6 Å². The van der Waals surface area contributed by atoms with E-state index in [1.807, 2.05) is 23.6 Å². The molecule has 2 aliphatic rings. The molecular weight excluding hydrogens is 368 g/mol. The summed E-state index contributed by atoms with van der Waals surface area (Å²) in [5, 5.41) is 14.8. The molecule has 1 aromatic carbocycles. The Morgan fingerprint density at radius 1 is 1.19 bits per heavy atom. The minimum Gasteiger partial charge on any atom is -0.481 e. The Morgan fingerprint density at radius 3 is 2.74 bits per heavy atom. The van der Waals surface area contributed by atoms with Gasteiger partial charge in [0.15, 0.2) is 11.5 Å². The molecule has 0 atom stereocenters. The maximum absolute atomic E-state index is 12.3. The number of fused-ring (bicyclic) bond motifs is 1. The molecule has 27 heavy (non-hydrogen) atoms. The van der Waals surface area contributed by atoms with Crippen molar-refractivity contribution in [3.63, 3.8) is 0 Å². The van der Waals surface area contributed by atoms with Crippen molar-refractivity contribution in [3.05, 3.63) is 29.3 Å². The SMILES string of the molecule is O=C(Cc1csc(-c2ccc3c(c2)OCO3)n1)NC1CCC(C(=O)O)CC1. The van der Waals surface area contributed by atoms with Gasteiger partial charge in [-0.2, -0.15) is 0 Å². The fourth-order valence-corrected chi connectivity index (χ4v) is 4.29. The van der Waals surface area contributed by atoms with Crippen molar-refractivity contribution >= 4 is 23.2 Å². The number of hydrogen-bond acceptors (Lipinski definition) is 6. The van der Waals surface area contributed by atoms with Crippen LogP contribution in [0.5, 0.6) is 11.5 Å². The van der Waals surface area contributed by atoms with Gasteiger partial charge in [-0.3, -0.25) is 9.59 Å². The highest BCUT2D eigenvalue weighted by atomic mass is 32.1. The lowest BCUT2D eigenvalue weighted by molar-refractivity contribution is -0.142. The molecule has 0 unspecified atom stereocenters. The Balaban J connectivity index is 1.33. The highest BCUT2D eigenvalue weighted by molar-refractivity contribution is 7.13. The predicted molar refractivity (Wildman–Crippen MR) is 98.9 cm³/mol. The van der Waals surface area contributed by atoms with Crippen LogP contribution in [0.2, 0.25) is 0 Å². The lowest BCUT2D eigenvalue weighted by Gasteiger charge is -2.26. The number of ether oxygens (including phenoxy) is 2. The number of aliphatic carboxylic acids is 1. The van der Waals surface area contributed by atoms with Gasteiger partial charge >= 0.3 is 5.97 Å². The van der Waals surface area contributed by atoms with Crippen LogP contribution in [-0.2, 0) is 16.0 Å². The molecule has 8 heteroatoms. The molecule has 1 fully saturated rings. The fourth-order valence-electron chi connectivity index (χ4n) is 3.48. The maximum atomic E-state index is 12.3. The van der Waals surface area contributed by atoms with Gasteiger partial charge in [0.05, 0.1) is 18.0 Å². The van der Waals surface area contributed by atoms with Crippen molar-refractivity contribution in [3.8, 4) is 22.1 Å². The van der Waals surface area contributed by atoms with Crippen LogP contribution >= 0.6 is 11.3 Å². The van der Waals surface area contributed by atoms with Gasteiger partial charge < -0.3 is 19.9 Å². The van der Waals surface area contributed by atoms with Gasteiger partial charge in [-0.05, 0) is 43.9 Å². The van der Waals surface area contributed by atoms with Gasteiger partial charge in [0.25, 0.3) is 0 Å². The zero-order chi connectivity index (χ0) is 18.8. The average Bonchev–Trinajstić information content (AvgIpc) is 3.30. The zero-order valence-electron chi connectivity index (χ0n) is 14.6. The summed E-state index contributed by atoms with van der Waals surface area (Å²) in [7, 11) is 0. The summed E-state index contributed by atoms with van der Waals surface area (Å²) in [6.07, 6.45) is 2.88. The second kappa shape index (κ2) is 7.56. The highest BCUT2D eigenvalue weighted by Gasteiger charge is 2.26. The molecule has 0 saturated heterocycles. The van der Waals surface area contributed by atoms with Gasteiger partial charge in [-0.15, -0.1) is 11.3 Å². The highest BCUT2D eigenvalue weighted by Crippen LogP contribution is 2.36. The summed E-state index contributed by atoms with van der Waals surface area (Å²) in [5.74, 6) is 0.349. The smallest absolute Gasteiger partial charge is 0.306 e. The Hall–Kier alpha value is -2.61. The normalized spacial score (nSPS) is 21.0. The van der Waals surface area contributed by atoms with Crippen molar-refractivity contribution in [2.75, 3.05) is 6.79 Å². The molecule has 1 amide bonds. The van der Waals surface area contributed by atoms with Crippen LogP contribution < -0.4 is 14.8 Å². The number of carboxylic acid groups (broad SMARTS) is 1. The van der Waals surface area contributed by atoms with Crippen molar-refractivity contribution in [2.24, 2.45) is 5.92 Å². The second-order valence-electron chi connectivity index (χ2n) is 6.84. The van der Waals surface area contributed by atoms with Crippen LogP contribution in [0.15, 0.2) is 23.6 Å². The molecule has 142 valence electrons. The van der Waals surface area contributed by atoms with Crippen LogP contribution in [0.3, 0.4) is 0 Å². The van der Waals surface area contributed by atoms with Gasteiger partial charge in [0.2, 0.25) is 12.7 Å². The van der Waals surface area contributed by atoms with Crippen molar-refractivity contribution < 1.29 is 24.2 Å². The molecule has 2 aromatic rings. The minimum absolute atomic E-state index is 0.0556. The van der Waals surface area contributed by atoms with Crippen LogP contribution in [0.4, 0.5) is 0 Å². The number of amides is 1. The molecule has 0 bridgehead atoms. The number of carbonyl (C=O) groups is 2. The van der Waals surface area contributed by atoms with E-state index in [1.165, 1.54) is 11.3 Å². The Kier molecular flexibility index (Phi) is 4.98. The monoisotopic (exact) mass is 388 g/mol. The lowest BCUT2D eigenvalue weighted by atomic mass is 9.86. The first-order valence-electron chi connectivity index (χ1n) is 8.95. The molecule has 0 radical (unpaired) electrons. The van der Waals surface area contributed by atoms with Crippen LogP contribution in [0, 0.1) is 5.92 Å². The molecule has 1 aliphatic carbocycles. The summed E-state index contributed by atoms with van der Waals surface area (Å²) < 4.78 is 10.7. The van der Waals surface area contributed by atoms with Gasteiger partial charge in [0, 0.05) is 17.0 Å². The molecule has 7 nitrogen and oxygen atoms in total. The number of nitrogens with one attached hydrogen (secondary N) is 1. The first-order chi connectivity index (χ1) is 13.1. The Morgan fingerprint density at radius 2 is 1.96 bits per heavy atom. The van der Waals surface area contributed by atoms with E-state index in [-0.39, 0.29) is 31.1 Å². The first-order valence-corrected chi connectivity index (χ1v) is 9.83. The quantitative estimate of drug-likeness (QED) is 0.817. The summed E-state index contributed by atoms with van der Waals surface area (Å²) >= 11 is 1.49. The summed E-state index contributed by atoms with van der Waals surface area (Å²) in [6, 6.07) is 5.74. The topological polar surface area (TPSA) is 97.8 Å². The number of hydrogen-bond donors (Lipinski definition) is 2. The summed E-state index contributed by atoms with van der Waals surface area (Å²) in [5.41, 5.74) is 1.66. The molecular formula is C19H20N2O5S. The lowest BCUT2D eigenvalue weighted by Crippen LogP contribution is -2.39. The number of benzene rings is 1. The summed E-state index contributed by atoms with van der Waals surface area (Å²) in [6.45, 7) is 0.233. The molecule has 2 N–H and O–H groups in total. The van der Waals surface area contributed by atoms with E-state index in [0.717, 1.165) is 22.0 Å². The van der Waals surface area contributed by atoms with Gasteiger partial charge in [-0.1, -0.05) is 0 Å². The molecule has 1 aliphatic heterocycles. The van der Waals surface area contributed by atoms with Crippen LogP contribution in [0.1, 0.15) is 31.4 Å². The Bertz CT molecular complexity index is 858. The van der Waals surface area contributed by atoms with Crippen LogP contribution in [-0.4, -0.2) is 34.8 Å². The van der Waals surface area contributed by atoms with Crippen molar-refractivity contribution in [1.82, 2.24) is 10.3 Å². The minimum atomic E-state index is -0.738. The van der Waals surface area contributed by atoms with E-state index >= 15 is 0 Å². The predicted octanol–water partition coefficient (Wildman–Crippen LogP) is 2.84. The van der Waals surface area contributed by atoms with E-state index in [0.29, 0.717) is 31.4 Å². The van der Waals surface area contributed by atoms with Crippen molar-refractivity contribution in [1.29, 1.82) is 0 Å². The van der Waals surface area contributed by atoms with E-state index < -0.39 is 5.97 Å². The van der Waals surface area contributed by atoms with E-state index in [2.05, 4.69) is 10.3 Å². The second-order valence-corrected chi connectivity index (χ2v) is 7.70. The third-order valence-electron chi connectivity index (χ3n) is 4.95. The number of aromatic nitrogens is 1.